The number of anilines is 1. The van der Waals surface area contributed by atoms with Gasteiger partial charge in [0.2, 0.25) is 0 Å². The zero-order valence-electron chi connectivity index (χ0n) is 12.2. The first-order valence-electron chi connectivity index (χ1n) is 6.94. The van der Waals surface area contributed by atoms with E-state index in [1.165, 1.54) is 0 Å². The molecular formula is C17H19BrN2O. The van der Waals surface area contributed by atoms with Crippen LogP contribution in [0.15, 0.2) is 59.1 Å². The molecule has 2 amide bonds. The molecular weight excluding hydrogens is 328 g/mol. The maximum absolute atomic E-state index is 12.5. The molecule has 0 aromatic heterocycles. The third-order valence-electron chi connectivity index (χ3n) is 3.20. The third kappa shape index (κ3) is 4.33. The fraction of sp³-hybridized carbons (Fsp3) is 0.235. The summed E-state index contributed by atoms with van der Waals surface area (Å²) in [5, 5.41) is 2.95. The SMILES string of the molecule is CC(C)N(Cc1ccccc1)C(=O)Nc1ccccc1Br. The maximum atomic E-state index is 12.5. The summed E-state index contributed by atoms with van der Waals surface area (Å²) in [5.41, 5.74) is 1.90. The summed E-state index contributed by atoms with van der Waals surface area (Å²) in [5.74, 6) is 0. The molecule has 0 atom stereocenters. The van der Waals surface area contributed by atoms with E-state index in [1.54, 1.807) is 0 Å². The molecule has 3 nitrogen and oxygen atoms in total. The highest BCUT2D eigenvalue weighted by Gasteiger charge is 2.18. The standard InChI is InChI=1S/C17H19BrN2O/c1-13(2)20(12-14-8-4-3-5-9-14)17(21)19-16-11-7-6-10-15(16)18/h3-11,13H,12H2,1-2H3,(H,19,21). The molecule has 1 N–H and O–H groups in total. The highest BCUT2D eigenvalue weighted by molar-refractivity contribution is 9.10. The Hall–Kier alpha value is -1.81. The van der Waals surface area contributed by atoms with Gasteiger partial charge in [-0.1, -0.05) is 42.5 Å². The number of nitrogens with zero attached hydrogens (tertiary/aromatic N) is 1. The minimum absolute atomic E-state index is 0.0965. The lowest BCUT2D eigenvalue weighted by Crippen LogP contribution is -2.39. The zero-order chi connectivity index (χ0) is 15.2. The van der Waals surface area contributed by atoms with Gasteiger partial charge in [-0.25, -0.2) is 4.79 Å². The van der Waals surface area contributed by atoms with Crippen LogP contribution in [0.2, 0.25) is 0 Å². The fourth-order valence-corrected chi connectivity index (χ4v) is 2.40. The molecule has 0 saturated carbocycles. The summed E-state index contributed by atoms with van der Waals surface area (Å²) in [4.78, 5) is 14.3. The number of urea groups is 1. The van der Waals surface area contributed by atoms with Crippen LogP contribution in [0, 0.1) is 0 Å². The Morgan fingerprint density at radius 1 is 1.10 bits per heavy atom. The van der Waals surface area contributed by atoms with E-state index in [9.17, 15) is 4.79 Å². The monoisotopic (exact) mass is 346 g/mol. The number of hydrogen-bond donors (Lipinski definition) is 1. The molecule has 110 valence electrons. The van der Waals surface area contributed by atoms with Gasteiger partial charge >= 0.3 is 6.03 Å². The van der Waals surface area contributed by atoms with Crippen molar-refractivity contribution in [3.05, 3.63) is 64.6 Å². The molecule has 4 heteroatoms. The first kappa shape index (κ1) is 15.6. The summed E-state index contributed by atoms with van der Waals surface area (Å²) in [6.45, 7) is 4.62. The van der Waals surface area contributed by atoms with Gasteiger partial charge in [-0.05, 0) is 47.5 Å². The molecule has 0 aliphatic rings. The summed E-state index contributed by atoms with van der Waals surface area (Å²) in [7, 11) is 0. The Bertz CT molecular complexity index is 599. The van der Waals surface area contributed by atoms with Crippen molar-refractivity contribution in [2.45, 2.75) is 26.4 Å². The van der Waals surface area contributed by atoms with Crippen LogP contribution in [0.1, 0.15) is 19.4 Å². The Morgan fingerprint density at radius 2 is 1.71 bits per heavy atom. The van der Waals surface area contributed by atoms with E-state index in [4.69, 9.17) is 0 Å². The second-order valence-corrected chi connectivity index (χ2v) is 5.97. The number of hydrogen-bond acceptors (Lipinski definition) is 1. The topological polar surface area (TPSA) is 32.3 Å². The van der Waals surface area contributed by atoms with Crippen LogP contribution in [0.5, 0.6) is 0 Å². The Kier molecular flexibility index (Phi) is 5.39. The second-order valence-electron chi connectivity index (χ2n) is 5.12. The van der Waals surface area contributed by atoms with Crippen molar-refractivity contribution < 1.29 is 4.79 Å². The minimum atomic E-state index is -0.0965. The lowest BCUT2D eigenvalue weighted by atomic mass is 10.2. The van der Waals surface area contributed by atoms with Crippen LogP contribution >= 0.6 is 15.9 Å². The highest BCUT2D eigenvalue weighted by atomic mass is 79.9. The van der Waals surface area contributed by atoms with E-state index >= 15 is 0 Å². The van der Waals surface area contributed by atoms with Crippen molar-refractivity contribution in [3.8, 4) is 0 Å². The van der Waals surface area contributed by atoms with E-state index in [0.717, 1.165) is 15.7 Å². The quantitative estimate of drug-likeness (QED) is 0.839. The van der Waals surface area contributed by atoms with Crippen LogP contribution in [0.3, 0.4) is 0 Å². The number of para-hydroxylation sites is 1. The first-order valence-corrected chi connectivity index (χ1v) is 7.73. The molecule has 2 aromatic rings. The molecule has 0 unspecified atom stereocenters. The van der Waals surface area contributed by atoms with Crippen molar-refractivity contribution in [1.82, 2.24) is 4.90 Å². The number of benzene rings is 2. The minimum Gasteiger partial charge on any atom is -0.318 e. The van der Waals surface area contributed by atoms with Crippen molar-refractivity contribution in [1.29, 1.82) is 0 Å². The van der Waals surface area contributed by atoms with E-state index in [1.807, 2.05) is 73.3 Å². The van der Waals surface area contributed by atoms with E-state index in [2.05, 4.69) is 21.2 Å². The normalized spacial score (nSPS) is 10.5. The maximum Gasteiger partial charge on any atom is 0.322 e. The largest absolute Gasteiger partial charge is 0.322 e. The van der Waals surface area contributed by atoms with E-state index < -0.39 is 0 Å². The Morgan fingerprint density at radius 3 is 2.33 bits per heavy atom. The molecule has 2 aromatic carbocycles. The average Bonchev–Trinajstić information content (AvgIpc) is 2.48. The summed E-state index contributed by atoms with van der Waals surface area (Å²) >= 11 is 3.44. The van der Waals surface area contributed by atoms with Gasteiger partial charge in [-0.2, -0.15) is 0 Å². The predicted octanol–water partition coefficient (Wildman–Crippen LogP) is 4.89. The van der Waals surface area contributed by atoms with Gasteiger partial charge in [0.25, 0.3) is 0 Å². The van der Waals surface area contributed by atoms with Gasteiger partial charge < -0.3 is 10.2 Å². The Labute approximate surface area is 134 Å². The van der Waals surface area contributed by atoms with E-state index in [0.29, 0.717) is 6.54 Å². The molecule has 0 heterocycles. The summed E-state index contributed by atoms with van der Waals surface area (Å²) in [6, 6.07) is 17.6. The number of amides is 2. The molecule has 0 saturated heterocycles. The van der Waals surface area contributed by atoms with Gasteiger partial charge in [-0.3, -0.25) is 0 Å². The molecule has 21 heavy (non-hydrogen) atoms. The third-order valence-corrected chi connectivity index (χ3v) is 3.89. The van der Waals surface area contributed by atoms with Crippen molar-refractivity contribution >= 4 is 27.6 Å². The van der Waals surface area contributed by atoms with Gasteiger partial charge in [-0.15, -0.1) is 0 Å². The van der Waals surface area contributed by atoms with Crippen LogP contribution in [0.4, 0.5) is 10.5 Å². The van der Waals surface area contributed by atoms with Gasteiger partial charge in [0.05, 0.1) is 5.69 Å². The smallest absolute Gasteiger partial charge is 0.318 e. The lowest BCUT2D eigenvalue weighted by Gasteiger charge is -2.27. The fourth-order valence-electron chi connectivity index (χ4n) is 2.02. The van der Waals surface area contributed by atoms with Crippen molar-refractivity contribution in [2.24, 2.45) is 0 Å². The zero-order valence-corrected chi connectivity index (χ0v) is 13.8. The molecule has 2 rings (SSSR count). The Balaban J connectivity index is 2.11. The van der Waals surface area contributed by atoms with Gasteiger partial charge in [0.15, 0.2) is 0 Å². The van der Waals surface area contributed by atoms with Crippen LogP contribution < -0.4 is 5.32 Å². The van der Waals surface area contributed by atoms with Gasteiger partial charge in [0.1, 0.15) is 0 Å². The lowest BCUT2D eigenvalue weighted by molar-refractivity contribution is 0.193. The summed E-state index contributed by atoms with van der Waals surface area (Å²) < 4.78 is 0.877. The van der Waals surface area contributed by atoms with Crippen molar-refractivity contribution in [2.75, 3.05) is 5.32 Å². The molecule has 0 aliphatic heterocycles. The summed E-state index contributed by atoms with van der Waals surface area (Å²) in [6.07, 6.45) is 0. The van der Waals surface area contributed by atoms with Crippen LogP contribution in [-0.2, 0) is 6.54 Å². The van der Waals surface area contributed by atoms with E-state index in [-0.39, 0.29) is 12.1 Å². The number of carbonyl (C=O) groups excluding carboxylic acids is 1. The van der Waals surface area contributed by atoms with Crippen molar-refractivity contribution in [3.63, 3.8) is 0 Å². The molecule has 0 bridgehead atoms. The highest BCUT2D eigenvalue weighted by Crippen LogP contribution is 2.22. The molecule has 0 radical (unpaired) electrons. The average molecular weight is 347 g/mol. The number of rotatable bonds is 4. The molecule has 0 fully saturated rings. The van der Waals surface area contributed by atoms with Gasteiger partial charge in [0, 0.05) is 17.1 Å². The molecule has 0 aliphatic carbocycles. The van der Waals surface area contributed by atoms with Crippen LogP contribution in [0.25, 0.3) is 0 Å². The molecule has 0 spiro atoms. The predicted molar refractivity (Wildman–Crippen MR) is 90.3 cm³/mol. The number of nitrogens with one attached hydrogen (secondary N) is 1. The second kappa shape index (κ2) is 7.27. The number of carbonyl (C=O) groups is 1. The van der Waals surface area contributed by atoms with Crippen LogP contribution in [-0.4, -0.2) is 17.0 Å². The number of halogens is 1. The first-order chi connectivity index (χ1) is 10.1.